The van der Waals surface area contributed by atoms with E-state index in [1.807, 2.05) is 24.3 Å². The summed E-state index contributed by atoms with van der Waals surface area (Å²) < 4.78 is 7.47. The quantitative estimate of drug-likeness (QED) is 0.536. The van der Waals surface area contributed by atoms with Gasteiger partial charge >= 0.3 is 0 Å². The lowest BCUT2D eigenvalue weighted by molar-refractivity contribution is -0.0190. The Bertz CT molecular complexity index is 953. The lowest BCUT2D eigenvalue weighted by atomic mass is 9.98. The SMILES string of the molecule is Brc1ccc(C2=NN3[C@@H](C2)c2ccccc2O[C@H]3c2ccccc2)s1. The molecule has 124 valence electrons. The van der Waals surface area contributed by atoms with E-state index in [0.29, 0.717) is 0 Å². The van der Waals surface area contributed by atoms with Gasteiger partial charge in [0, 0.05) is 17.5 Å². The zero-order valence-electron chi connectivity index (χ0n) is 13.3. The summed E-state index contributed by atoms with van der Waals surface area (Å²) in [6, 6.07) is 23.1. The fourth-order valence-electron chi connectivity index (χ4n) is 3.49. The Morgan fingerprint density at radius 1 is 1.00 bits per heavy atom. The molecule has 25 heavy (non-hydrogen) atoms. The molecule has 5 rings (SSSR count). The van der Waals surface area contributed by atoms with Crippen LogP contribution in [0.15, 0.2) is 75.6 Å². The molecule has 3 aromatic rings. The lowest BCUT2D eigenvalue weighted by Gasteiger charge is -2.38. The van der Waals surface area contributed by atoms with Crippen LogP contribution < -0.4 is 4.74 Å². The van der Waals surface area contributed by atoms with Gasteiger partial charge in [-0.3, -0.25) is 0 Å². The van der Waals surface area contributed by atoms with E-state index in [9.17, 15) is 0 Å². The second kappa shape index (κ2) is 6.00. The number of nitrogens with zero attached hydrogens (tertiary/aromatic N) is 2. The molecule has 0 amide bonds. The van der Waals surface area contributed by atoms with Crippen LogP contribution in [0.2, 0.25) is 0 Å². The Hall–Kier alpha value is -2.11. The van der Waals surface area contributed by atoms with Crippen LogP contribution in [0.25, 0.3) is 0 Å². The molecule has 2 atom stereocenters. The van der Waals surface area contributed by atoms with E-state index < -0.39 is 0 Å². The predicted molar refractivity (Wildman–Crippen MR) is 104 cm³/mol. The molecule has 0 saturated heterocycles. The van der Waals surface area contributed by atoms with E-state index in [-0.39, 0.29) is 12.3 Å². The largest absolute Gasteiger partial charge is 0.464 e. The summed E-state index contributed by atoms with van der Waals surface area (Å²) in [4.78, 5) is 1.21. The monoisotopic (exact) mass is 410 g/mol. The van der Waals surface area contributed by atoms with Gasteiger partial charge < -0.3 is 4.74 Å². The van der Waals surface area contributed by atoms with Gasteiger partial charge in [0.05, 0.1) is 20.4 Å². The molecule has 3 heterocycles. The van der Waals surface area contributed by atoms with Gasteiger partial charge in [-0.1, -0.05) is 48.5 Å². The molecule has 0 unspecified atom stereocenters. The van der Waals surface area contributed by atoms with Gasteiger partial charge in [0.1, 0.15) is 5.75 Å². The molecular weight excluding hydrogens is 396 g/mol. The van der Waals surface area contributed by atoms with Gasteiger partial charge in [-0.2, -0.15) is 5.10 Å². The van der Waals surface area contributed by atoms with E-state index in [4.69, 9.17) is 9.84 Å². The number of ether oxygens (including phenoxy) is 1. The molecule has 5 heteroatoms. The Morgan fingerprint density at radius 3 is 2.60 bits per heavy atom. The van der Waals surface area contributed by atoms with Crippen LogP contribution in [-0.4, -0.2) is 10.7 Å². The van der Waals surface area contributed by atoms with E-state index in [0.717, 1.165) is 27.2 Å². The van der Waals surface area contributed by atoms with E-state index in [1.165, 1.54) is 10.4 Å². The Morgan fingerprint density at radius 2 is 1.80 bits per heavy atom. The Kier molecular flexibility index (Phi) is 3.64. The van der Waals surface area contributed by atoms with E-state index >= 15 is 0 Å². The molecule has 0 saturated carbocycles. The van der Waals surface area contributed by atoms with Crippen molar-refractivity contribution in [1.82, 2.24) is 5.01 Å². The fraction of sp³-hybridized carbons (Fsp3) is 0.150. The fourth-order valence-corrected chi connectivity index (χ4v) is 4.87. The maximum atomic E-state index is 6.33. The molecule has 0 N–H and O–H groups in total. The predicted octanol–water partition coefficient (Wildman–Crippen LogP) is 5.75. The molecule has 3 nitrogen and oxygen atoms in total. The first-order valence-corrected chi connectivity index (χ1v) is 9.82. The first-order valence-electron chi connectivity index (χ1n) is 8.21. The van der Waals surface area contributed by atoms with Crippen molar-refractivity contribution in [3.63, 3.8) is 0 Å². The summed E-state index contributed by atoms with van der Waals surface area (Å²) in [5.74, 6) is 0.960. The average molecular weight is 411 g/mol. The molecule has 1 aromatic heterocycles. The van der Waals surface area contributed by atoms with Gasteiger partial charge in [0.25, 0.3) is 0 Å². The highest BCUT2D eigenvalue weighted by Crippen LogP contribution is 2.47. The van der Waals surface area contributed by atoms with Crippen LogP contribution in [0.3, 0.4) is 0 Å². The highest BCUT2D eigenvalue weighted by atomic mass is 79.9. The smallest absolute Gasteiger partial charge is 0.213 e. The Balaban J connectivity index is 1.60. The van der Waals surface area contributed by atoms with Crippen molar-refractivity contribution in [1.29, 1.82) is 0 Å². The highest BCUT2D eigenvalue weighted by molar-refractivity contribution is 9.11. The molecule has 0 spiro atoms. The second-order valence-corrected chi connectivity index (χ2v) is 8.63. The van der Waals surface area contributed by atoms with Crippen LogP contribution in [0.1, 0.15) is 34.7 Å². The standard InChI is InChI=1S/C20H15BrN2OS/c21-19-11-10-18(25-19)15-12-16-14-8-4-5-9-17(14)24-20(23(16)22-15)13-6-2-1-3-7-13/h1-11,16,20H,12H2/t16-,20-/m0/s1. The van der Waals surface area contributed by atoms with Crippen LogP contribution in [0.5, 0.6) is 5.75 Å². The molecule has 0 radical (unpaired) electrons. The summed E-state index contributed by atoms with van der Waals surface area (Å²) in [6.07, 6.45) is 0.707. The van der Waals surface area contributed by atoms with Gasteiger partial charge in [-0.25, -0.2) is 5.01 Å². The topological polar surface area (TPSA) is 24.8 Å². The third-order valence-electron chi connectivity index (χ3n) is 4.64. The van der Waals surface area contributed by atoms with Crippen molar-refractivity contribution in [3.8, 4) is 5.75 Å². The van der Waals surface area contributed by atoms with Crippen LogP contribution >= 0.6 is 27.3 Å². The van der Waals surface area contributed by atoms with Crippen LogP contribution in [0.4, 0.5) is 0 Å². The minimum absolute atomic E-state index is 0.193. The summed E-state index contributed by atoms with van der Waals surface area (Å²) in [7, 11) is 0. The minimum Gasteiger partial charge on any atom is -0.464 e. The number of para-hydroxylation sites is 1. The molecule has 2 aromatic carbocycles. The van der Waals surface area contributed by atoms with Crippen molar-refractivity contribution < 1.29 is 4.74 Å². The second-order valence-electron chi connectivity index (χ2n) is 6.17. The number of fused-ring (bicyclic) bond motifs is 3. The lowest BCUT2D eigenvalue weighted by Crippen LogP contribution is -2.33. The zero-order chi connectivity index (χ0) is 16.8. The van der Waals surface area contributed by atoms with Crippen molar-refractivity contribution >= 4 is 33.0 Å². The number of benzene rings is 2. The summed E-state index contributed by atoms with van der Waals surface area (Å²) >= 11 is 5.28. The van der Waals surface area contributed by atoms with Crippen molar-refractivity contribution in [2.45, 2.75) is 18.7 Å². The van der Waals surface area contributed by atoms with Crippen molar-refractivity contribution in [2.75, 3.05) is 0 Å². The highest BCUT2D eigenvalue weighted by Gasteiger charge is 2.40. The number of hydrogen-bond acceptors (Lipinski definition) is 4. The number of hydrogen-bond donors (Lipinski definition) is 0. The third kappa shape index (κ3) is 2.58. The summed E-state index contributed by atoms with van der Waals surface area (Å²) in [6.45, 7) is 0. The number of rotatable bonds is 2. The molecule has 2 aliphatic heterocycles. The number of halogens is 1. The zero-order valence-corrected chi connectivity index (χ0v) is 15.7. The van der Waals surface area contributed by atoms with Crippen LogP contribution in [0, 0.1) is 0 Å². The Labute approximate surface area is 158 Å². The molecule has 2 aliphatic rings. The van der Waals surface area contributed by atoms with E-state index in [1.54, 1.807) is 11.3 Å². The van der Waals surface area contributed by atoms with Gasteiger partial charge in [0.15, 0.2) is 0 Å². The normalized spacial score (nSPS) is 21.3. The minimum atomic E-state index is -0.193. The molecular formula is C20H15BrN2OS. The van der Waals surface area contributed by atoms with E-state index in [2.05, 4.69) is 63.4 Å². The molecule has 0 aliphatic carbocycles. The van der Waals surface area contributed by atoms with Gasteiger partial charge in [-0.05, 0) is 34.1 Å². The number of hydrazone groups is 1. The van der Waals surface area contributed by atoms with Crippen molar-refractivity contribution in [3.05, 3.63) is 86.5 Å². The maximum Gasteiger partial charge on any atom is 0.213 e. The summed E-state index contributed by atoms with van der Waals surface area (Å²) in [5, 5.41) is 7.09. The molecule has 0 bridgehead atoms. The third-order valence-corrected chi connectivity index (χ3v) is 6.31. The molecule has 0 fully saturated rings. The number of thiophene rings is 1. The van der Waals surface area contributed by atoms with Gasteiger partial charge in [0.2, 0.25) is 6.23 Å². The summed E-state index contributed by atoms with van der Waals surface area (Å²) in [5.41, 5.74) is 3.46. The maximum absolute atomic E-state index is 6.33. The van der Waals surface area contributed by atoms with Gasteiger partial charge in [-0.15, -0.1) is 11.3 Å². The van der Waals surface area contributed by atoms with Crippen LogP contribution in [-0.2, 0) is 0 Å². The first kappa shape index (κ1) is 15.2. The van der Waals surface area contributed by atoms with Crippen molar-refractivity contribution in [2.24, 2.45) is 5.10 Å². The first-order chi connectivity index (χ1) is 12.3. The average Bonchev–Trinajstić information content (AvgIpc) is 3.28.